The number of ketones is 1. The Hall–Kier alpha value is -1.29. The summed E-state index contributed by atoms with van der Waals surface area (Å²) in [4.78, 5) is 12.4. The predicted molar refractivity (Wildman–Crippen MR) is 82.7 cm³/mol. The molecule has 0 radical (unpaired) electrons. The minimum absolute atomic E-state index is 0.00195. The fourth-order valence-corrected chi connectivity index (χ4v) is 3.17. The highest BCUT2D eigenvalue weighted by Gasteiger charge is 2.18. The Labute approximate surface area is 128 Å². The maximum absolute atomic E-state index is 12.4. The van der Waals surface area contributed by atoms with E-state index in [9.17, 15) is 4.79 Å². The first-order valence-electron chi connectivity index (χ1n) is 6.81. The number of hydrogen-bond acceptors (Lipinski definition) is 3. The van der Waals surface area contributed by atoms with Gasteiger partial charge in [-0.1, -0.05) is 12.0 Å². The van der Waals surface area contributed by atoms with Crippen molar-refractivity contribution in [1.82, 2.24) is 0 Å². The van der Waals surface area contributed by atoms with Gasteiger partial charge in [-0.2, -0.15) is 0 Å². The van der Waals surface area contributed by atoms with Gasteiger partial charge in [0, 0.05) is 0 Å². The Morgan fingerprint density at radius 1 is 1.15 bits per heavy atom. The second-order valence-corrected chi connectivity index (χ2v) is 5.68. The second kappa shape index (κ2) is 6.93. The monoisotopic (exact) mass is 338 g/mol. The van der Waals surface area contributed by atoms with Crippen molar-refractivity contribution in [2.45, 2.75) is 32.1 Å². The van der Waals surface area contributed by atoms with Gasteiger partial charge in [0.2, 0.25) is 0 Å². The van der Waals surface area contributed by atoms with E-state index >= 15 is 0 Å². The molecule has 0 spiro atoms. The highest BCUT2D eigenvalue weighted by molar-refractivity contribution is 9.10. The molecular formula is C16H19BrO3. The molecule has 1 aliphatic rings. The summed E-state index contributed by atoms with van der Waals surface area (Å²) in [6, 6.07) is 3.53. The van der Waals surface area contributed by atoms with Crippen molar-refractivity contribution in [1.29, 1.82) is 0 Å². The number of methoxy groups -OCH3 is 2. The fraction of sp³-hybridized carbons (Fsp3) is 0.438. The molecule has 0 heterocycles. The third-order valence-electron chi connectivity index (χ3n) is 3.58. The molecular weight excluding hydrogens is 320 g/mol. The number of carbonyl (C=O) groups excluding carboxylic acids is 1. The van der Waals surface area contributed by atoms with E-state index in [1.807, 2.05) is 0 Å². The number of carbonyl (C=O) groups is 1. The maximum Gasteiger partial charge on any atom is 0.189 e. The Morgan fingerprint density at radius 3 is 2.45 bits per heavy atom. The highest BCUT2D eigenvalue weighted by Crippen LogP contribution is 2.37. The van der Waals surface area contributed by atoms with Crippen molar-refractivity contribution in [2.24, 2.45) is 0 Å². The van der Waals surface area contributed by atoms with Crippen molar-refractivity contribution in [3.8, 4) is 11.5 Å². The van der Waals surface area contributed by atoms with Crippen LogP contribution in [0.1, 0.15) is 42.5 Å². The summed E-state index contributed by atoms with van der Waals surface area (Å²) in [5, 5.41) is 0. The van der Waals surface area contributed by atoms with Crippen LogP contribution in [0, 0.1) is 0 Å². The Balaban J connectivity index is 2.32. The van der Waals surface area contributed by atoms with Crippen LogP contribution in [0.3, 0.4) is 0 Å². The number of ether oxygens (including phenoxy) is 2. The number of allylic oxidation sites excluding steroid dienone is 2. The molecule has 0 aromatic heterocycles. The summed E-state index contributed by atoms with van der Waals surface area (Å²) in [5.41, 5.74) is 1.81. The Kier molecular flexibility index (Phi) is 5.24. The van der Waals surface area contributed by atoms with Crippen LogP contribution in [0.25, 0.3) is 0 Å². The molecule has 4 heteroatoms. The number of halogens is 1. The highest BCUT2D eigenvalue weighted by atomic mass is 79.9. The molecule has 20 heavy (non-hydrogen) atoms. The van der Waals surface area contributed by atoms with Crippen LogP contribution in [-0.4, -0.2) is 20.0 Å². The smallest absolute Gasteiger partial charge is 0.189 e. The van der Waals surface area contributed by atoms with E-state index in [-0.39, 0.29) is 5.78 Å². The van der Waals surface area contributed by atoms with Crippen molar-refractivity contribution in [3.63, 3.8) is 0 Å². The molecule has 0 aliphatic heterocycles. The molecule has 3 nitrogen and oxygen atoms in total. The van der Waals surface area contributed by atoms with Crippen LogP contribution in [0.15, 0.2) is 28.3 Å². The second-order valence-electron chi connectivity index (χ2n) is 4.89. The molecule has 1 fully saturated rings. The van der Waals surface area contributed by atoms with Gasteiger partial charge in [0.05, 0.1) is 19.8 Å². The number of benzene rings is 1. The normalized spacial score (nSPS) is 14.8. The van der Waals surface area contributed by atoms with Gasteiger partial charge in [0.15, 0.2) is 5.78 Å². The van der Waals surface area contributed by atoms with Gasteiger partial charge in [-0.25, -0.2) is 0 Å². The average molecular weight is 339 g/mol. The summed E-state index contributed by atoms with van der Waals surface area (Å²) < 4.78 is 11.2. The molecule has 2 rings (SSSR count). The lowest BCUT2D eigenvalue weighted by Crippen LogP contribution is -2.03. The molecule has 108 valence electrons. The van der Waals surface area contributed by atoms with Gasteiger partial charge < -0.3 is 9.47 Å². The molecule has 1 aromatic carbocycles. The van der Waals surface area contributed by atoms with Crippen LogP contribution in [0.4, 0.5) is 0 Å². The predicted octanol–water partition coefficient (Wildman–Crippen LogP) is 4.54. The number of hydrogen-bond donors (Lipinski definition) is 0. The molecule has 0 atom stereocenters. The Morgan fingerprint density at radius 2 is 1.85 bits per heavy atom. The van der Waals surface area contributed by atoms with Gasteiger partial charge in [-0.05, 0) is 59.8 Å². The first-order chi connectivity index (χ1) is 9.67. The molecule has 0 bridgehead atoms. The van der Waals surface area contributed by atoms with Crippen molar-refractivity contribution in [2.75, 3.05) is 14.2 Å². The van der Waals surface area contributed by atoms with Crippen LogP contribution in [0.5, 0.6) is 11.5 Å². The van der Waals surface area contributed by atoms with Gasteiger partial charge in [0.25, 0.3) is 0 Å². The van der Waals surface area contributed by atoms with E-state index < -0.39 is 0 Å². The third kappa shape index (κ3) is 3.23. The first-order valence-corrected chi connectivity index (χ1v) is 7.61. The van der Waals surface area contributed by atoms with Crippen molar-refractivity contribution >= 4 is 21.7 Å². The lowest BCUT2D eigenvalue weighted by molar-refractivity contribution is 0.104. The molecule has 1 saturated carbocycles. The quantitative estimate of drug-likeness (QED) is 0.597. The molecule has 0 N–H and O–H groups in total. The molecule has 0 unspecified atom stereocenters. The van der Waals surface area contributed by atoms with Crippen LogP contribution in [0.2, 0.25) is 0 Å². The third-order valence-corrected chi connectivity index (χ3v) is 4.33. The first kappa shape index (κ1) is 15.1. The lowest BCUT2D eigenvalue weighted by atomic mass is 9.93. The van der Waals surface area contributed by atoms with Gasteiger partial charge in [-0.15, -0.1) is 0 Å². The van der Waals surface area contributed by atoms with E-state index in [2.05, 4.69) is 15.9 Å². The summed E-state index contributed by atoms with van der Waals surface area (Å²) >= 11 is 3.42. The van der Waals surface area contributed by atoms with Crippen LogP contribution >= 0.6 is 15.9 Å². The summed E-state index contributed by atoms with van der Waals surface area (Å²) in [7, 11) is 3.15. The van der Waals surface area contributed by atoms with E-state index in [1.165, 1.54) is 24.8 Å². The van der Waals surface area contributed by atoms with E-state index in [4.69, 9.17) is 9.47 Å². The molecule has 0 amide bonds. The van der Waals surface area contributed by atoms with Crippen LogP contribution < -0.4 is 9.47 Å². The summed E-state index contributed by atoms with van der Waals surface area (Å²) in [5.74, 6) is 1.19. The van der Waals surface area contributed by atoms with Gasteiger partial charge >= 0.3 is 0 Å². The van der Waals surface area contributed by atoms with E-state index in [0.717, 1.165) is 12.8 Å². The van der Waals surface area contributed by atoms with E-state index in [0.29, 0.717) is 21.5 Å². The molecule has 0 saturated heterocycles. The minimum atomic E-state index is 0.00195. The summed E-state index contributed by atoms with van der Waals surface area (Å²) in [6.07, 6.45) is 7.47. The summed E-state index contributed by atoms with van der Waals surface area (Å²) in [6.45, 7) is 0. The topological polar surface area (TPSA) is 35.5 Å². The Bertz CT molecular complexity index is 527. The standard InChI is InChI=1S/C16H19BrO3/c1-19-14-9-8-12(16(20-2)15(14)17)13(18)10-11-6-4-3-5-7-11/h8-10H,3-7H2,1-2H3. The lowest BCUT2D eigenvalue weighted by Gasteiger charge is -2.14. The SMILES string of the molecule is COc1ccc(C(=O)C=C2CCCCC2)c(OC)c1Br. The largest absolute Gasteiger partial charge is 0.495 e. The minimum Gasteiger partial charge on any atom is -0.495 e. The maximum atomic E-state index is 12.4. The van der Waals surface area contributed by atoms with E-state index in [1.54, 1.807) is 32.4 Å². The molecule has 1 aromatic rings. The van der Waals surface area contributed by atoms with Crippen molar-refractivity contribution < 1.29 is 14.3 Å². The van der Waals surface area contributed by atoms with Crippen LogP contribution in [-0.2, 0) is 0 Å². The zero-order valence-corrected chi connectivity index (χ0v) is 13.5. The average Bonchev–Trinajstić information content (AvgIpc) is 2.47. The van der Waals surface area contributed by atoms with Crippen molar-refractivity contribution in [3.05, 3.63) is 33.8 Å². The zero-order valence-electron chi connectivity index (χ0n) is 11.9. The fourth-order valence-electron chi connectivity index (χ4n) is 2.50. The molecule has 1 aliphatic carbocycles. The zero-order chi connectivity index (χ0) is 14.5. The van der Waals surface area contributed by atoms with Gasteiger partial charge in [0.1, 0.15) is 16.0 Å². The number of rotatable bonds is 4. The van der Waals surface area contributed by atoms with Gasteiger partial charge in [-0.3, -0.25) is 4.79 Å².